The summed E-state index contributed by atoms with van der Waals surface area (Å²) in [6, 6.07) is 11.9. The molecule has 3 aliphatic rings. The number of fused-ring (bicyclic) bond motifs is 1. The number of imide groups is 1. The maximum Gasteiger partial charge on any atom is 0.325 e. The largest absolute Gasteiger partial charge is 0.454 e. The second kappa shape index (κ2) is 8.95. The first kappa shape index (κ1) is 22.7. The van der Waals surface area contributed by atoms with Gasteiger partial charge < -0.3 is 14.8 Å². The van der Waals surface area contributed by atoms with E-state index in [9.17, 15) is 9.59 Å². The van der Waals surface area contributed by atoms with Crippen LogP contribution in [0.3, 0.4) is 0 Å². The molecule has 0 bridgehead atoms. The van der Waals surface area contributed by atoms with Gasteiger partial charge in [0.2, 0.25) is 6.79 Å². The van der Waals surface area contributed by atoms with Gasteiger partial charge in [-0.15, -0.1) is 0 Å². The SMILES string of the molecule is CCC1(C2CCN(Cc3cc(C)ccc3C)CC2)NC(=O)N(Cc2ccc3c(c2)OCO3)C1=O. The van der Waals surface area contributed by atoms with Gasteiger partial charge in [-0.05, 0) is 80.9 Å². The van der Waals surface area contributed by atoms with Gasteiger partial charge in [-0.3, -0.25) is 14.6 Å². The van der Waals surface area contributed by atoms with E-state index in [1.54, 1.807) is 0 Å². The number of benzene rings is 2. The number of urea groups is 1. The van der Waals surface area contributed by atoms with Gasteiger partial charge in [0.15, 0.2) is 11.5 Å². The summed E-state index contributed by atoms with van der Waals surface area (Å²) in [5.41, 5.74) is 3.99. The highest BCUT2D eigenvalue weighted by atomic mass is 16.7. The van der Waals surface area contributed by atoms with E-state index in [0.29, 0.717) is 17.9 Å². The Balaban J connectivity index is 1.26. The molecule has 1 unspecified atom stereocenters. The Bertz CT molecular complexity index is 1110. The van der Waals surface area contributed by atoms with Crippen molar-refractivity contribution in [2.45, 2.75) is 58.7 Å². The standard InChI is InChI=1S/C27H33N3O4/c1-4-27(22-9-11-29(12-10-22)16-21-13-18(2)5-6-19(21)3)25(31)30(26(32)28-27)15-20-7-8-23-24(14-20)34-17-33-23/h5-8,13-14,22H,4,9-12,15-17H2,1-3H3,(H,28,32). The van der Waals surface area contributed by atoms with Crippen molar-refractivity contribution < 1.29 is 19.1 Å². The van der Waals surface area contributed by atoms with E-state index in [1.807, 2.05) is 25.1 Å². The Labute approximate surface area is 201 Å². The molecule has 5 rings (SSSR count). The Hall–Kier alpha value is -3.06. The molecule has 0 aliphatic carbocycles. The van der Waals surface area contributed by atoms with Crippen molar-refractivity contribution in [1.82, 2.24) is 15.1 Å². The first-order chi connectivity index (χ1) is 16.4. The smallest absolute Gasteiger partial charge is 0.325 e. The number of carbonyl (C=O) groups excluding carboxylic acids is 2. The minimum Gasteiger partial charge on any atom is -0.454 e. The predicted molar refractivity (Wildman–Crippen MR) is 129 cm³/mol. The molecule has 2 aromatic carbocycles. The third-order valence-electron chi connectivity index (χ3n) is 7.72. The fourth-order valence-electron chi connectivity index (χ4n) is 5.61. The minimum absolute atomic E-state index is 0.106. The molecule has 0 saturated carbocycles. The lowest BCUT2D eigenvalue weighted by atomic mass is 9.75. The van der Waals surface area contributed by atoms with Gasteiger partial charge in [-0.1, -0.05) is 36.8 Å². The van der Waals surface area contributed by atoms with Crippen LogP contribution in [0.15, 0.2) is 36.4 Å². The number of hydrogen-bond acceptors (Lipinski definition) is 5. The van der Waals surface area contributed by atoms with Crippen LogP contribution in [0.2, 0.25) is 0 Å². The molecule has 34 heavy (non-hydrogen) atoms. The molecule has 0 spiro atoms. The second-order valence-electron chi connectivity index (χ2n) is 9.81. The third-order valence-corrected chi connectivity index (χ3v) is 7.72. The molecule has 0 radical (unpaired) electrons. The Morgan fingerprint density at radius 3 is 2.53 bits per heavy atom. The van der Waals surface area contributed by atoms with Crippen LogP contribution in [0.1, 0.15) is 48.4 Å². The van der Waals surface area contributed by atoms with Crippen LogP contribution >= 0.6 is 0 Å². The van der Waals surface area contributed by atoms with Crippen LogP contribution in [0.25, 0.3) is 0 Å². The average Bonchev–Trinajstić information content (AvgIpc) is 3.40. The summed E-state index contributed by atoms with van der Waals surface area (Å²) >= 11 is 0. The summed E-state index contributed by atoms with van der Waals surface area (Å²) in [4.78, 5) is 30.4. The van der Waals surface area contributed by atoms with Crippen molar-refractivity contribution in [3.8, 4) is 11.5 Å². The zero-order chi connectivity index (χ0) is 23.9. The minimum atomic E-state index is -0.821. The zero-order valence-electron chi connectivity index (χ0n) is 20.2. The summed E-state index contributed by atoms with van der Waals surface area (Å²) in [6.45, 7) is 9.49. The zero-order valence-corrected chi connectivity index (χ0v) is 20.2. The fraction of sp³-hybridized carbons (Fsp3) is 0.481. The molecule has 3 heterocycles. The maximum atomic E-state index is 13.6. The maximum absolute atomic E-state index is 13.6. The summed E-state index contributed by atoms with van der Waals surface area (Å²) in [5.74, 6) is 1.37. The summed E-state index contributed by atoms with van der Waals surface area (Å²) in [5, 5.41) is 3.10. The second-order valence-corrected chi connectivity index (χ2v) is 9.81. The fourth-order valence-corrected chi connectivity index (χ4v) is 5.61. The Kier molecular flexibility index (Phi) is 5.98. The number of nitrogens with zero attached hydrogens (tertiary/aromatic N) is 2. The van der Waals surface area contributed by atoms with Crippen LogP contribution in [0.5, 0.6) is 11.5 Å². The predicted octanol–water partition coefficient (Wildman–Crippen LogP) is 4.14. The molecule has 3 amide bonds. The lowest BCUT2D eigenvalue weighted by Crippen LogP contribution is -2.55. The van der Waals surface area contributed by atoms with Gasteiger partial charge in [-0.2, -0.15) is 0 Å². The number of aryl methyl sites for hydroxylation is 2. The van der Waals surface area contributed by atoms with E-state index in [2.05, 4.69) is 42.3 Å². The van der Waals surface area contributed by atoms with E-state index in [0.717, 1.165) is 38.0 Å². The van der Waals surface area contributed by atoms with Crippen LogP contribution in [-0.2, 0) is 17.9 Å². The number of rotatable bonds is 6. The quantitative estimate of drug-likeness (QED) is 0.652. The molecule has 2 fully saturated rings. The van der Waals surface area contributed by atoms with Crippen molar-refractivity contribution >= 4 is 11.9 Å². The van der Waals surface area contributed by atoms with Gasteiger partial charge in [0.05, 0.1) is 6.54 Å². The molecule has 2 saturated heterocycles. The molecular formula is C27H33N3O4. The monoisotopic (exact) mass is 463 g/mol. The highest BCUT2D eigenvalue weighted by Crippen LogP contribution is 2.38. The third kappa shape index (κ3) is 4.02. The summed E-state index contributed by atoms with van der Waals surface area (Å²) < 4.78 is 10.8. The number of likely N-dealkylation sites (tertiary alicyclic amines) is 1. The van der Waals surface area contributed by atoms with Crippen LogP contribution in [0.4, 0.5) is 4.79 Å². The summed E-state index contributed by atoms with van der Waals surface area (Å²) in [6.07, 6.45) is 2.38. The molecule has 7 nitrogen and oxygen atoms in total. The van der Waals surface area contributed by atoms with Crippen molar-refractivity contribution in [3.05, 3.63) is 58.7 Å². The average molecular weight is 464 g/mol. The molecule has 3 aliphatic heterocycles. The highest BCUT2D eigenvalue weighted by Gasteiger charge is 2.54. The molecular weight excluding hydrogens is 430 g/mol. The van der Waals surface area contributed by atoms with E-state index >= 15 is 0 Å². The summed E-state index contributed by atoms with van der Waals surface area (Å²) in [7, 11) is 0. The van der Waals surface area contributed by atoms with Crippen molar-refractivity contribution in [3.63, 3.8) is 0 Å². The van der Waals surface area contributed by atoms with Gasteiger partial charge in [0.1, 0.15) is 5.54 Å². The van der Waals surface area contributed by atoms with E-state index in [-0.39, 0.29) is 31.2 Å². The molecule has 1 atom stereocenters. The number of nitrogens with one attached hydrogen (secondary N) is 1. The van der Waals surface area contributed by atoms with Crippen molar-refractivity contribution in [2.24, 2.45) is 5.92 Å². The number of hydrogen-bond donors (Lipinski definition) is 1. The molecule has 180 valence electrons. The Morgan fingerprint density at radius 2 is 1.76 bits per heavy atom. The number of piperidine rings is 1. The Morgan fingerprint density at radius 1 is 1.00 bits per heavy atom. The normalized spacial score (nSPS) is 23.0. The van der Waals surface area contributed by atoms with E-state index < -0.39 is 5.54 Å². The lowest BCUT2D eigenvalue weighted by molar-refractivity contribution is -0.134. The van der Waals surface area contributed by atoms with Crippen LogP contribution in [-0.4, -0.2) is 47.2 Å². The highest BCUT2D eigenvalue weighted by molar-refractivity contribution is 6.07. The molecule has 1 N–H and O–H groups in total. The van der Waals surface area contributed by atoms with Crippen LogP contribution < -0.4 is 14.8 Å². The van der Waals surface area contributed by atoms with Gasteiger partial charge >= 0.3 is 6.03 Å². The number of carbonyl (C=O) groups is 2. The van der Waals surface area contributed by atoms with Gasteiger partial charge in [0.25, 0.3) is 5.91 Å². The van der Waals surface area contributed by atoms with Crippen LogP contribution in [0, 0.1) is 19.8 Å². The van der Waals surface area contributed by atoms with E-state index in [1.165, 1.54) is 21.6 Å². The first-order valence-corrected chi connectivity index (χ1v) is 12.2. The molecule has 7 heteroatoms. The molecule has 0 aromatic heterocycles. The lowest BCUT2D eigenvalue weighted by Gasteiger charge is -2.40. The van der Waals surface area contributed by atoms with Crippen molar-refractivity contribution in [1.29, 1.82) is 0 Å². The first-order valence-electron chi connectivity index (χ1n) is 12.2. The topological polar surface area (TPSA) is 71.1 Å². The van der Waals surface area contributed by atoms with Crippen molar-refractivity contribution in [2.75, 3.05) is 19.9 Å². The van der Waals surface area contributed by atoms with E-state index in [4.69, 9.17) is 9.47 Å². The van der Waals surface area contributed by atoms with Gasteiger partial charge in [-0.25, -0.2) is 4.79 Å². The van der Waals surface area contributed by atoms with Gasteiger partial charge in [0, 0.05) is 6.54 Å². The molecule has 2 aromatic rings. The number of amides is 3. The number of ether oxygens (including phenoxy) is 2.